The van der Waals surface area contributed by atoms with Crippen LogP contribution in [-0.4, -0.2) is 6.18 Å². The van der Waals surface area contributed by atoms with E-state index >= 15 is 0 Å². The Labute approximate surface area is 71.3 Å². The Kier molecular flexibility index (Phi) is 1.54. The van der Waals surface area contributed by atoms with E-state index in [0.717, 1.165) is 10.4 Å². The molecule has 0 aliphatic heterocycles. The number of thiophene rings is 1. The first-order valence-corrected chi connectivity index (χ1v) is 4.29. The Morgan fingerprint density at radius 2 is 2.08 bits per heavy atom. The second-order valence-corrected chi connectivity index (χ2v) is 3.60. The van der Waals surface area contributed by atoms with Crippen LogP contribution < -0.4 is 0 Å². The van der Waals surface area contributed by atoms with E-state index in [4.69, 9.17) is 0 Å². The van der Waals surface area contributed by atoms with Gasteiger partial charge in [-0.15, -0.1) is 11.3 Å². The summed E-state index contributed by atoms with van der Waals surface area (Å²) in [5.74, 6) is 0. The summed E-state index contributed by atoms with van der Waals surface area (Å²) in [6, 6.07) is 1.75. The Morgan fingerprint density at radius 3 is 2.67 bits per heavy atom. The molecule has 2 rings (SSSR count). The van der Waals surface area contributed by atoms with Crippen LogP contribution in [0, 0.1) is 0 Å². The maximum atomic E-state index is 12.1. The average Bonchev–Trinajstić information content (AvgIpc) is 2.37. The third kappa shape index (κ3) is 1.16. The standard InChI is InChI=1S/C8H5F3S/c9-8(10,11)6-3-5-1-2-12-7(5)4-6/h1-2,4H,3H2. The fourth-order valence-corrected chi connectivity index (χ4v) is 2.10. The number of fused-ring (bicyclic) bond motifs is 1. The lowest BCUT2D eigenvalue weighted by Crippen LogP contribution is -2.11. The summed E-state index contributed by atoms with van der Waals surface area (Å²) < 4.78 is 36.4. The van der Waals surface area contributed by atoms with Gasteiger partial charge >= 0.3 is 6.18 Å². The van der Waals surface area contributed by atoms with Gasteiger partial charge in [-0.2, -0.15) is 13.2 Å². The van der Waals surface area contributed by atoms with E-state index in [2.05, 4.69) is 0 Å². The topological polar surface area (TPSA) is 0 Å². The average molecular weight is 190 g/mol. The quantitative estimate of drug-likeness (QED) is 0.589. The zero-order valence-corrected chi connectivity index (χ0v) is 6.80. The highest BCUT2D eigenvalue weighted by Gasteiger charge is 2.36. The zero-order chi connectivity index (χ0) is 8.77. The maximum absolute atomic E-state index is 12.1. The minimum atomic E-state index is -4.15. The van der Waals surface area contributed by atoms with Gasteiger partial charge in [-0.3, -0.25) is 0 Å². The summed E-state index contributed by atoms with van der Waals surface area (Å²) in [5.41, 5.74) is 0.372. The van der Waals surface area contributed by atoms with Gasteiger partial charge in [0.05, 0.1) is 0 Å². The Morgan fingerprint density at radius 1 is 1.33 bits per heavy atom. The van der Waals surface area contributed by atoms with Crippen LogP contribution >= 0.6 is 11.3 Å². The van der Waals surface area contributed by atoms with Gasteiger partial charge in [-0.25, -0.2) is 0 Å². The van der Waals surface area contributed by atoms with Gasteiger partial charge < -0.3 is 0 Å². The Balaban J connectivity index is 2.34. The van der Waals surface area contributed by atoms with Crippen LogP contribution in [-0.2, 0) is 6.42 Å². The molecule has 1 aliphatic carbocycles. The predicted octanol–water partition coefficient (Wildman–Crippen LogP) is 3.25. The van der Waals surface area contributed by atoms with Crippen LogP contribution in [0.15, 0.2) is 17.0 Å². The van der Waals surface area contributed by atoms with E-state index < -0.39 is 11.7 Å². The van der Waals surface area contributed by atoms with Crippen molar-refractivity contribution in [3.63, 3.8) is 0 Å². The van der Waals surface area contributed by atoms with Crippen LogP contribution in [0.1, 0.15) is 10.4 Å². The molecule has 0 amide bonds. The fraction of sp³-hybridized carbons (Fsp3) is 0.250. The first-order chi connectivity index (χ1) is 5.57. The molecular formula is C8H5F3S. The van der Waals surface area contributed by atoms with Crippen molar-refractivity contribution in [1.82, 2.24) is 0 Å². The molecule has 1 aromatic rings. The third-order valence-corrected chi connectivity index (χ3v) is 2.74. The number of alkyl halides is 3. The molecule has 64 valence electrons. The van der Waals surface area contributed by atoms with Gasteiger partial charge in [-0.1, -0.05) is 0 Å². The highest BCUT2D eigenvalue weighted by Crippen LogP contribution is 2.37. The lowest BCUT2D eigenvalue weighted by molar-refractivity contribution is -0.0918. The Bertz CT molecular complexity index is 332. The molecule has 0 nitrogen and oxygen atoms in total. The van der Waals surface area contributed by atoms with Crippen LogP contribution in [0.5, 0.6) is 0 Å². The molecular weight excluding hydrogens is 185 g/mol. The SMILES string of the molecule is FC(F)(F)C1=Cc2sccc2C1. The molecule has 0 saturated carbocycles. The number of allylic oxidation sites excluding steroid dienone is 1. The molecule has 1 aliphatic rings. The zero-order valence-electron chi connectivity index (χ0n) is 5.98. The van der Waals surface area contributed by atoms with Crippen LogP contribution in [0.25, 0.3) is 6.08 Å². The second-order valence-electron chi connectivity index (χ2n) is 2.65. The number of rotatable bonds is 0. The summed E-state index contributed by atoms with van der Waals surface area (Å²) in [6.07, 6.45) is -2.87. The third-order valence-electron chi connectivity index (χ3n) is 1.83. The van der Waals surface area contributed by atoms with Gasteiger partial charge in [0, 0.05) is 16.9 Å². The van der Waals surface area contributed by atoms with Gasteiger partial charge in [-0.05, 0) is 23.1 Å². The van der Waals surface area contributed by atoms with Crippen molar-refractivity contribution in [2.45, 2.75) is 12.6 Å². The monoisotopic (exact) mass is 190 g/mol. The number of hydrogen-bond donors (Lipinski definition) is 0. The molecule has 0 atom stereocenters. The first-order valence-electron chi connectivity index (χ1n) is 3.41. The van der Waals surface area contributed by atoms with Crippen molar-refractivity contribution in [2.75, 3.05) is 0 Å². The lowest BCUT2D eigenvalue weighted by Gasteiger charge is -2.05. The van der Waals surface area contributed by atoms with Crippen molar-refractivity contribution in [2.24, 2.45) is 0 Å². The molecule has 0 spiro atoms. The molecule has 0 aromatic carbocycles. The first kappa shape index (κ1) is 7.86. The summed E-state index contributed by atoms with van der Waals surface area (Å²) >= 11 is 1.36. The molecule has 12 heavy (non-hydrogen) atoms. The molecule has 1 heterocycles. The van der Waals surface area contributed by atoms with E-state index in [1.165, 1.54) is 17.4 Å². The van der Waals surface area contributed by atoms with Crippen LogP contribution in [0.3, 0.4) is 0 Å². The highest BCUT2D eigenvalue weighted by atomic mass is 32.1. The van der Waals surface area contributed by atoms with Gasteiger partial charge in [0.1, 0.15) is 0 Å². The van der Waals surface area contributed by atoms with E-state index in [1.807, 2.05) is 5.38 Å². The fourth-order valence-electron chi connectivity index (χ4n) is 1.22. The smallest absolute Gasteiger partial charge is 0.166 e. The van der Waals surface area contributed by atoms with Gasteiger partial charge in [0.25, 0.3) is 0 Å². The molecule has 1 aromatic heterocycles. The number of hydrogen-bond acceptors (Lipinski definition) is 1. The largest absolute Gasteiger partial charge is 0.413 e. The minimum Gasteiger partial charge on any atom is -0.166 e. The van der Waals surface area contributed by atoms with E-state index in [9.17, 15) is 13.2 Å². The molecule has 0 saturated heterocycles. The molecule has 0 N–H and O–H groups in total. The van der Waals surface area contributed by atoms with Crippen LogP contribution in [0.4, 0.5) is 13.2 Å². The van der Waals surface area contributed by atoms with Gasteiger partial charge in [0.15, 0.2) is 0 Å². The molecule has 4 heteroatoms. The predicted molar refractivity (Wildman–Crippen MR) is 42.1 cm³/mol. The van der Waals surface area contributed by atoms with Crippen molar-refractivity contribution >= 4 is 17.4 Å². The summed E-state index contributed by atoms with van der Waals surface area (Å²) in [7, 11) is 0. The van der Waals surface area contributed by atoms with E-state index in [0.29, 0.717) is 0 Å². The molecule has 0 fully saturated rings. The van der Waals surface area contributed by atoms with E-state index in [-0.39, 0.29) is 6.42 Å². The van der Waals surface area contributed by atoms with Gasteiger partial charge in [0.2, 0.25) is 0 Å². The minimum absolute atomic E-state index is 0.0440. The second kappa shape index (κ2) is 2.36. The van der Waals surface area contributed by atoms with Crippen molar-refractivity contribution in [3.8, 4) is 0 Å². The van der Waals surface area contributed by atoms with E-state index in [1.54, 1.807) is 6.07 Å². The maximum Gasteiger partial charge on any atom is 0.413 e. The van der Waals surface area contributed by atoms with Crippen LogP contribution in [0.2, 0.25) is 0 Å². The molecule has 0 unspecified atom stereocenters. The molecule has 0 bridgehead atoms. The Hall–Kier alpha value is -0.770. The van der Waals surface area contributed by atoms with Crippen molar-refractivity contribution in [1.29, 1.82) is 0 Å². The van der Waals surface area contributed by atoms with Crippen molar-refractivity contribution in [3.05, 3.63) is 27.5 Å². The molecule has 0 radical (unpaired) electrons. The lowest BCUT2D eigenvalue weighted by atomic mass is 10.2. The summed E-state index contributed by atoms with van der Waals surface area (Å²) in [6.45, 7) is 0. The normalized spacial score (nSPS) is 16.1. The van der Waals surface area contributed by atoms with Crippen molar-refractivity contribution < 1.29 is 13.2 Å². The summed E-state index contributed by atoms with van der Waals surface area (Å²) in [4.78, 5) is 0.752. The number of halogens is 3. The summed E-state index contributed by atoms with van der Waals surface area (Å²) in [5, 5.41) is 1.81. The highest BCUT2D eigenvalue weighted by molar-refractivity contribution is 7.11.